The Morgan fingerprint density at radius 1 is 1.42 bits per heavy atom. The Labute approximate surface area is 144 Å². The first-order valence-corrected chi connectivity index (χ1v) is 8.82. The molecule has 24 heavy (non-hydrogen) atoms. The van der Waals surface area contributed by atoms with Crippen molar-refractivity contribution in [2.24, 2.45) is 12.0 Å². The molecule has 1 aliphatic rings. The summed E-state index contributed by atoms with van der Waals surface area (Å²) in [4.78, 5) is 4.67. The minimum absolute atomic E-state index is 0.281. The molecule has 0 amide bonds. The maximum atomic E-state index is 5.77. The third-order valence-electron chi connectivity index (χ3n) is 4.25. The average Bonchev–Trinajstić information content (AvgIpc) is 3.15. The van der Waals surface area contributed by atoms with Crippen LogP contribution in [0.15, 0.2) is 4.99 Å². The van der Waals surface area contributed by atoms with Gasteiger partial charge in [-0.3, -0.25) is 4.68 Å². The standard InChI is InChI=1S/C17H31N5O2/c1-5-18-17(19-8-6-9-24-15-7-10-23-12-15)20-11-16-13(2)21-22(4)14(16)3/h15H,5-12H2,1-4H3,(H2,18,19,20). The van der Waals surface area contributed by atoms with E-state index in [0.717, 1.165) is 57.4 Å². The molecule has 1 aliphatic heterocycles. The lowest BCUT2D eigenvalue weighted by molar-refractivity contribution is 0.0420. The predicted molar refractivity (Wildman–Crippen MR) is 95.3 cm³/mol. The van der Waals surface area contributed by atoms with E-state index in [1.807, 2.05) is 18.7 Å². The van der Waals surface area contributed by atoms with Crippen molar-refractivity contribution in [1.82, 2.24) is 20.4 Å². The van der Waals surface area contributed by atoms with Gasteiger partial charge in [-0.05, 0) is 33.6 Å². The molecule has 7 heteroatoms. The maximum absolute atomic E-state index is 5.77. The predicted octanol–water partition coefficient (Wildman–Crippen LogP) is 1.29. The van der Waals surface area contributed by atoms with Gasteiger partial charge in [-0.15, -0.1) is 0 Å². The molecule has 7 nitrogen and oxygen atoms in total. The molecule has 136 valence electrons. The van der Waals surface area contributed by atoms with Gasteiger partial charge in [0.05, 0.1) is 24.9 Å². The highest BCUT2D eigenvalue weighted by atomic mass is 16.5. The molecule has 0 aliphatic carbocycles. The number of nitrogens with one attached hydrogen (secondary N) is 2. The Balaban J connectivity index is 1.75. The molecular weight excluding hydrogens is 306 g/mol. The Kier molecular flexibility index (Phi) is 7.52. The highest BCUT2D eigenvalue weighted by Crippen LogP contribution is 2.12. The van der Waals surface area contributed by atoms with Crippen molar-refractivity contribution in [1.29, 1.82) is 0 Å². The molecule has 0 radical (unpaired) electrons. The molecule has 2 heterocycles. The summed E-state index contributed by atoms with van der Waals surface area (Å²) in [5.41, 5.74) is 3.40. The van der Waals surface area contributed by atoms with E-state index in [9.17, 15) is 0 Å². The van der Waals surface area contributed by atoms with Gasteiger partial charge >= 0.3 is 0 Å². The Hall–Kier alpha value is -1.60. The fourth-order valence-electron chi connectivity index (χ4n) is 2.72. The van der Waals surface area contributed by atoms with Crippen molar-refractivity contribution in [3.05, 3.63) is 17.0 Å². The Bertz CT molecular complexity index is 535. The molecule has 1 unspecified atom stereocenters. The minimum Gasteiger partial charge on any atom is -0.379 e. The van der Waals surface area contributed by atoms with E-state index in [4.69, 9.17) is 9.47 Å². The molecule has 1 atom stereocenters. The van der Waals surface area contributed by atoms with Gasteiger partial charge in [0, 0.05) is 44.6 Å². The zero-order chi connectivity index (χ0) is 17.4. The normalized spacial score (nSPS) is 18.2. The van der Waals surface area contributed by atoms with Crippen molar-refractivity contribution >= 4 is 5.96 Å². The van der Waals surface area contributed by atoms with Crippen LogP contribution in [0, 0.1) is 13.8 Å². The smallest absolute Gasteiger partial charge is 0.191 e. The van der Waals surface area contributed by atoms with Gasteiger partial charge < -0.3 is 20.1 Å². The summed E-state index contributed by atoms with van der Waals surface area (Å²) in [6.45, 7) is 10.8. The van der Waals surface area contributed by atoms with Gasteiger partial charge in [0.25, 0.3) is 0 Å². The van der Waals surface area contributed by atoms with Crippen LogP contribution in [0.4, 0.5) is 0 Å². The van der Waals surface area contributed by atoms with E-state index in [-0.39, 0.29) is 6.10 Å². The van der Waals surface area contributed by atoms with E-state index in [1.165, 1.54) is 11.3 Å². The first-order chi connectivity index (χ1) is 11.6. The van der Waals surface area contributed by atoms with Crippen molar-refractivity contribution in [2.45, 2.75) is 46.3 Å². The summed E-state index contributed by atoms with van der Waals surface area (Å²) in [6.07, 6.45) is 2.25. The van der Waals surface area contributed by atoms with Crippen LogP contribution < -0.4 is 10.6 Å². The van der Waals surface area contributed by atoms with Crippen molar-refractivity contribution in [3.8, 4) is 0 Å². The fourth-order valence-corrected chi connectivity index (χ4v) is 2.72. The average molecular weight is 337 g/mol. The van der Waals surface area contributed by atoms with Crippen LogP contribution in [-0.4, -0.2) is 54.8 Å². The monoisotopic (exact) mass is 337 g/mol. The molecule has 2 rings (SSSR count). The number of rotatable bonds is 8. The third-order valence-corrected chi connectivity index (χ3v) is 4.25. The van der Waals surface area contributed by atoms with Crippen LogP contribution in [0.25, 0.3) is 0 Å². The lowest BCUT2D eigenvalue weighted by Gasteiger charge is -2.13. The highest BCUT2D eigenvalue weighted by molar-refractivity contribution is 5.79. The van der Waals surface area contributed by atoms with Crippen LogP contribution in [0.1, 0.15) is 36.7 Å². The zero-order valence-corrected chi connectivity index (χ0v) is 15.4. The number of aromatic nitrogens is 2. The summed E-state index contributed by atoms with van der Waals surface area (Å²) in [7, 11) is 1.97. The van der Waals surface area contributed by atoms with Crippen molar-refractivity contribution in [3.63, 3.8) is 0 Å². The molecule has 1 aromatic heterocycles. The molecule has 1 aromatic rings. The summed E-state index contributed by atoms with van der Waals surface area (Å²) >= 11 is 0. The van der Waals surface area contributed by atoms with E-state index >= 15 is 0 Å². The number of aliphatic imine (C=N–C) groups is 1. The first-order valence-electron chi connectivity index (χ1n) is 8.82. The number of ether oxygens (including phenoxy) is 2. The number of hydrogen-bond donors (Lipinski definition) is 2. The zero-order valence-electron chi connectivity index (χ0n) is 15.4. The van der Waals surface area contributed by atoms with Gasteiger partial charge in [0.15, 0.2) is 5.96 Å². The molecule has 0 bridgehead atoms. The SMILES string of the molecule is CCNC(=NCc1c(C)nn(C)c1C)NCCCOC1CCOC1. The van der Waals surface area contributed by atoms with E-state index in [1.54, 1.807) is 0 Å². The fraction of sp³-hybridized carbons (Fsp3) is 0.765. The molecule has 1 fully saturated rings. The maximum Gasteiger partial charge on any atom is 0.191 e. The third kappa shape index (κ3) is 5.49. The number of aryl methyl sites for hydroxylation is 2. The number of hydrogen-bond acceptors (Lipinski definition) is 4. The van der Waals surface area contributed by atoms with E-state index in [2.05, 4.69) is 34.6 Å². The second-order valence-corrected chi connectivity index (χ2v) is 6.10. The van der Waals surface area contributed by atoms with Crippen LogP contribution in [0.3, 0.4) is 0 Å². The van der Waals surface area contributed by atoms with Crippen molar-refractivity contribution in [2.75, 3.05) is 32.9 Å². The quantitative estimate of drug-likeness (QED) is 0.425. The Morgan fingerprint density at radius 3 is 2.88 bits per heavy atom. The van der Waals surface area contributed by atoms with Gasteiger partial charge in [0.1, 0.15) is 0 Å². The van der Waals surface area contributed by atoms with Crippen LogP contribution in [-0.2, 0) is 23.1 Å². The first kappa shape index (κ1) is 18.7. The van der Waals surface area contributed by atoms with E-state index in [0.29, 0.717) is 6.54 Å². The van der Waals surface area contributed by atoms with Crippen LogP contribution in [0.5, 0.6) is 0 Å². The van der Waals surface area contributed by atoms with Gasteiger partial charge in [0.2, 0.25) is 0 Å². The molecule has 0 saturated carbocycles. The topological polar surface area (TPSA) is 72.7 Å². The summed E-state index contributed by atoms with van der Waals surface area (Å²) in [6, 6.07) is 0. The largest absolute Gasteiger partial charge is 0.379 e. The van der Waals surface area contributed by atoms with Gasteiger partial charge in [-0.25, -0.2) is 4.99 Å². The molecule has 1 saturated heterocycles. The van der Waals surface area contributed by atoms with Gasteiger partial charge in [-0.2, -0.15) is 5.10 Å². The Morgan fingerprint density at radius 2 is 2.25 bits per heavy atom. The molecule has 2 N–H and O–H groups in total. The second-order valence-electron chi connectivity index (χ2n) is 6.10. The molecule has 0 aromatic carbocycles. The number of guanidine groups is 1. The van der Waals surface area contributed by atoms with Gasteiger partial charge in [-0.1, -0.05) is 0 Å². The molecular formula is C17H31N5O2. The van der Waals surface area contributed by atoms with Crippen LogP contribution >= 0.6 is 0 Å². The highest BCUT2D eigenvalue weighted by Gasteiger charge is 2.15. The number of nitrogens with zero attached hydrogens (tertiary/aromatic N) is 3. The summed E-state index contributed by atoms with van der Waals surface area (Å²) < 4.78 is 13.0. The lowest BCUT2D eigenvalue weighted by Crippen LogP contribution is -2.38. The lowest BCUT2D eigenvalue weighted by atomic mass is 10.2. The van der Waals surface area contributed by atoms with Crippen LogP contribution in [0.2, 0.25) is 0 Å². The van der Waals surface area contributed by atoms with Crippen molar-refractivity contribution < 1.29 is 9.47 Å². The second kappa shape index (κ2) is 9.64. The molecule has 0 spiro atoms. The van der Waals surface area contributed by atoms with E-state index < -0.39 is 0 Å². The summed E-state index contributed by atoms with van der Waals surface area (Å²) in [5.74, 6) is 0.837. The summed E-state index contributed by atoms with van der Waals surface area (Å²) in [5, 5.41) is 11.1. The minimum atomic E-state index is 0.281.